The van der Waals surface area contributed by atoms with Gasteiger partial charge in [-0.3, -0.25) is 4.79 Å². The number of carboxylic acids is 1. The predicted molar refractivity (Wildman–Crippen MR) is 75.3 cm³/mol. The van der Waals surface area contributed by atoms with Crippen molar-refractivity contribution >= 4 is 29.1 Å². The van der Waals surface area contributed by atoms with Gasteiger partial charge < -0.3 is 9.84 Å². The van der Waals surface area contributed by atoms with Crippen LogP contribution in [0.2, 0.25) is 0 Å². The Morgan fingerprint density at radius 3 is 2.50 bits per heavy atom. The molecule has 1 aromatic rings. The van der Waals surface area contributed by atoms with Crippen molar-refractivity contribution in [3.63, 3.8) is 0 Å². The largest absolute Gasteiger partial charge is 0.480 e. The number of methoxy groups -OCH3 is 1. The van der Waals surface area contributed by atoms with Gasteiger partial charge in [0.15, 0.2) is 4.87 Å². The second-order valence-electron chi connectivity index (χ2n) is 4.40. The van der Waals surface area contributed by atoms with Crippen LogP contribution in [0.15, 0.2) is 48.6 Å². The summed E-state index contributed by atoms with van der Waals surface area (Å²) in [5.41, 5.74) is 1.61. The number of esters is 1. The molecule has 2 rings (SSSR count). The molecule has 0 amide bonds. The number of hydrogen-bond donors (Lipinski definition) is 1. The smallest absolute Gasteiger partial charge is 0.329 e. The van der Waals surface area contributed by atoms with Gasteiger partial charge in [-0.25, -0.2) is 4.79 Å². The molecule has 0 spiro atoms. The average Bonchev–Trinajstić information content (AvgIpc) is 2.47. The molecule has 0 saturated heterocycles. The van der Waals surface area contributed by atoms with Crippen molar-refractivity contribution in [2.24, 2.45) is 5.92 Å². The van der Waals surface area contributed by atoms with Gasteiger partial charge in [-0.15, -0.1) is 11.6 Å². The van der Waals surface area contributed by atoms with Gasteiger partial charge >= 0.3 is 11.9 Å². The van der Waals surface area contributed by atoms with Gasteiger partial charge in [0.25, 0.3) is 0 Å². The van der Waals surface area contributed by atoms with E-state index >= 15 is 0 Å². The Labute approximate surface area is 121 Å². The van der Waals surface area contributed by atoms with Crippen LogP contribution < -0.4 is 0 Å². The summed E-state index contributed by atoms with van der Waals surface area (Å²) in [4.78, 5) is 21.3. The summed E-state index contributed by atoms with van der Waals surface area (Å²) in [5, 5.41) is 9.25. The van der Waals surface area contributed by atoms with Gasteiger partial charge in [-0.1, -0.05) is 48.6 Å². The van der Waals surface area contributed by atoms with Crippen molar-refractivity contribution in [3.8, 4) is 0 Å². The third kappa shape index (κ3) is 2.47. The summed E-state index contributed by atoms with van der Waals surface area (Å²) in [6.07, 6.45) is 4.46. The van der Waals surface area contributed by atoms with Gasteiger partial charge in [0.05, 0.1) is 7.11 Å². The van der Waals surface area contributed by atoms with Crippen LogP contribution >= 0.6 is 11.6 Å². The second kappa shape index (κ2) is 5.51. The Bertz CT molecular complexity index is 591. The van der Waals surface area contributed by atoms with Crippen LogP contribution in [0.1, 0.15) is 5.56 Å². The first-order chi connectivity index (χ1) is 9.49. The average molecular weight is 293 g/mol. The molecule has 1 N–H and O–H groups in total. The first kappa shape index (κ1) is 14.3. The zero-order chi connectivity index (χ0) is 14.8. The molecular formula is C15H13ClO4. The van der Waals surface area contributed by atoms with Crippen molar-refractivity contribution in [2.75, 3.05) is 7.11 Å². The van der Waals surface area contributed by atoms with Crippen molar-refractivity contribution in [3.05, 3.63) is 54.1 Å². The van der Waals surface area contributed by atoms with E-state index in [4.69, 9.17) is 11.6 Å². The summed E-state index contributed by atoms with van der Waals surface area (Å²) >= 11 is 6.07. The van der Waals surface area contributed by atoms with Crippen LogP contribution in [0.3, 0.4) is 0 Å². The Kier molecular flexibility index (Phi) is 3.95. The van der Waals surface area contributed by atoms with Crippen molar-refractivity contribution in [1.29, 1.82) is 0 Å². The predicted octanol–water partition coefficient (Wildman–Crippen LogP) is 2.49. The fourth-order valence-corrected chi connectivity index (χ4v) is 2.28. The molecule has 1 aliphatic rings. The minimum Gasteiger partial charge on any atom is -0.480 e. The molecule has 1 aromatic carbocycles. The summed E-state index contributed by atoms with van der Waals surface area (Å²) < 4.78 is 4.65. The lowest BCUT2D eigenvalue weighted by Crippen LogP contribution is -2.43. The molecular weight excluding hydrogens is 280 g/mol. The number of allylic oxidation sites excluding steroid dienone is 2. The number of halogens is 1. The first-order valence-corrected chi connectivity index (χ1v) is 6.33. The van der Waals surface area contributed by atoms with Crippen LogP contribution in [0, 0.1) is 5.92 Å². The maximum absolute atomic E-state index is 11.8. The van der Waals surface area contributed by atoms with Gasteiger partial charge in [-0.2, -0.15) is 0 Å². The van der Waals surface area contributed by atoms with E-state index in [0.717, 1.165) is 11.1 Å². The lowest BCUT2D eigenvalue weighted by molar-refractivity contribution is -0.150. The van der Waals surface area contributed by atoms with E-state index in [0.29, 0.717) is 0 Å². The van der Waals surface area contributed by atoms with E-state index in [1.54, 1.807) is 6.08 Å². The molecule has 104 valence electrons. The van der Waals surface area contributed by atoms with Crippen LogP contribution in [0.25, 0.3) is 5.57 Å². The molecule has 0 aliphatic heterocycles. The summed E-state index contributed by atoms with van der Waals surface area (Å²) in [6, 6.07) is 9.32. The zero-order valence-corrected chi connectivity index (χ0v) is 11.5. The fourth-order valence-electron chi connectivity index (χ4n) is 2.07. The third-order valence-electron chi connectivity index (χ3n) is 3.19. The molecule has 5 heteroatoms. The highest BCUT2D eigenvalue weighted by Crippen LogP contribution is 2.37. The van der Waals surface area contributed by atoms with Crippen LogP contribution in [-0.4, -0.2) is 29.0 Å². The number of benzene rings is 1. The topological polar surface area (TPSA) is 63.6 Å². The highest BCUT2D eigenvalue weighted by Gasteiger charge is 2.47. The summed E-state index contributed by atoms with van der Waals surface area (Å²) in [6.45, 7) is 0. The van der Waals surface area contributed by atoms with Crippen LogP contribution in [0.5, 0.6) is 0 Å². The Balaban J connectivity index is 2.45. The fraction of sp³-hybridized carbons (Fsp3) is 0.200. The van der Waals surface area contributed by atoms with Gasteiger partial charge in [-0.05, 0) is 11.1 Å². The SMILES string of the molecule is COC(=O)C1C=C(c2ccccc2)C=CC1(Cl)C(=O)O. The van der Waals surface area contributed by atoms with Gasteiger partial charge in [0.1, 0.15) is 5.92 Å². The number of carbonyl (C=O) groups excluding carboxylic acids is 1. The minimum atomic E-state index is -1.81. The van der Waals surface area contributed by atoms with E-state index in [-0.39, 0.29) is 0 Å². The molecule has 20 heavy (non-hydrogen) atoms. The lowest BCUT2D eigenvalue weighted by atomic mass is 9.83. The molecule has 0 bridgehead atoms. The van der Waals surface area contributed by atoms with Crippen molar-refractivity contribution < 1.29 is 19.4 Å². The molecule has 1 aliphatic carbocycles. The highest BCUT2D eigenvalue weighted by atomic mass is 35.5. The Hall–Kier alpha value is -2.07. The van der Waals surface area contributed by atoms with E-state index in [1.165, 1.54) is 19.3 Å². The number of carboxylic acid groups (broad SMARTS) is 1. The molecule has 4 nitrogen and oxygen atoms in total. The zero-order valence-electron chi connectivity index (χ0n) is 10.7. The molecule has 0 heterocycles. The molecule has 0 saturated carbocycles. The van der Waals surface area contributed by atoms with E-state index in [1.807, 2.05) is 30.3 Å². The minimum absolute atomic E-state index is 0.680. The van der Waals surface area contributed by atoms with Gasteiger partial charge in [0.2, 0.25) is 0 Å². The summed E-state index contributed by atoms with van der Waals surface area (Å²) in [5.74, 6) is -3.04. The first-order valence-electron chi connectivity index (χ1n) is 5.95. The number of carbonyl (C=O) groups is 2. The van der Waals surface area contributed by atoms with Crippen molar-refractivity contribution in [2.45, 2.75) is 4.87 Å². The monoisotopic (exact) mass is 292 g/mol. The molecule has 2 unspecified atom stereocenters. The van der Waals surface area contributed by atoms with E-state index in [9.17, 15) is 14.7 Å². The standard InChI is InChI=1S/C15H13ClO4/c1-20-13(17)12-9-11(10-5-3-2-4-6-10)7-8-15(12,16)14(18)19/h2-9,12H,1H3,(H,18,19). The number of rotatable bonds is 3. The third-order valence-corrected chi connectivity index (χ3v) is 3.72. The number of aliphatic carboxylic acids is 1. The Morgan fingerprint density at radius 1 is 1.30 bits per heavy atom. The Morgan fingerprint density at radius 2 is 1.95 bits per heavy atom. The lowest BCUT2D eigenvalue weighted by Gasteiger charge is -2.28. The maximum Gasteiger partial charge on any atom is 0.329 e. The number of alkyl halides is 1. The highest BCUT2D eigenvalue weighted by molar-refractivity contribution is 6.37. The van der Waals surface area contributed by atoms with Gasteiger partial charge in [0, 0.05) is 0 Å². The van der Waals surface area contributed by atoms with Crippen LogP contribution in [-0.2, 0) is 14.3 Å². The van der Waals surface area contributed by atoms with E-state index in [2.05, 4.69) is 4.74 Å². The quantitative estimate of drug-likeness (QED) is 0.687. The molecule has 0 aromatic heterocycles. The second-order valence-corrected chi connectivity index (χ2v) is 5.02. The van der Waals surface area contributed by atoms with Crippen molar-refractivity contribution in [1.82, 2.24) is 0 Å². The molecule has 0 radical (unpaired) electrons. The summed E-state index contributed by atoms with van der Waals surface area (Å²) in [7, 11) is 1.20. The number of ether oxygens (including phenoxy) is 1. The molecule has 0 fully saturated rings. The maximum atomic E-state index is 11.8. The number of hydrogen-bond acceptors (Lipinski definition) is 3. The molecule has 2 atom stereocenters. The van der Waals surface area contributed by atoms with E-state index < -0.39 is 22.7 Å². The normalized spacial score (nSPS) is 24.9. The van der Waals surface area contributed by atoms with Crippen LogP contribution in [0.4, 0.5) is 0 Å².